The first-order valence-corrected chi connectivity index (χ1v) is 9.04. The summed E-state index contributed by atoms with van der Waals surface area (Å²) in [4.78, 5) is 38.9. The molecule has 2 atom stereocenters. The lowest BCUT2D eigenvalue weighted by atomic mass is 10.1. The van der Waals surface area contributed by atoms with Crippen molar-refractivity contribution in [3.63, 3.8) is 0 Å². The van der Waals surface area contributed by atoms with Crippen LogP contribution in [0, 0.1) is 0 Å². The number of thioether (sulfide) groups is 1. The second-order valence-electron chi connectivity index (χ2n) is 6.06. The zero-order valence-electron chi connectivity index (χ0n) is 13.8. The van der Waals surface area contributed by atoms with Crippen molar-refractivity contribution in [2.24, 2.45) is 0 Å². The van der Waals surface area contributed by atoms with E-state index in [1.54, 1.807) is 37.4 Å². The standard InChI is InChI=1S/C17H16N2O5S2/c1-18-15(22)13(26-17(18)25)6-9-2-4-10(5-3-9)14(21)19-8-11(20)7-12(19)16(23)24/h2-6,11-12,20H,7-8H2,1H3,(H,23,24)/b13-6+. The number of carbonyl (C=O) groups is 3. The van der Waals surface area contributed by atoms with Gasteiger partial charge in [-0.25, -0.2) is 4.79 Å². The van der Waals surface area contributed by atoms with E-state index in [4.69, 9.17) is 12.2 Å². The average Bonchev–Trinajstić information content (AvgIpc) is 3.11. The number of β-amino-alcohol motifs (C(OH)–C–C–N with tert-alkyl or cyclic N) is 1. The highest BCUT2D eigenvalue weighted by atomic mass is 32.2. The molecule has 2 heterocycles. The van der Waals surface area contributed by atoms with Gasteiger partial charge in [0.1, 0.15) is 10.4 Å². The smallest absolute Gasteiger partial charge is 0.326 e. The minimum Gasteiger partial charge on any atom is -0.480 e. The van der Waals surface area contributed by atoms with Crippen LogP contribution >= 0.6 is 24.0 Å². The molecule has 1 aromatic rings. The van der Waals surface area contributed by atoms with Crippen LogP contribution in [0.3, 0.4) is 0 Å². The molecule has 1 aromatic carbocycles. The molecule has 2 amide bonds. The SMILES string of the molecule is CN1C(=O)/C(=C\c2ccc(C(=O)N3CC(O)CC3C(=O)O)cc2)SC1=S. The van der Waals surface area contributed by atoms with E-state index in [-0.39, 0.29) is 18.9 Å². The largest absolute Gasteiger partial charge is 0.480 e. The van der Waals surface area contributed by atoms with Crippen LogP contribution in [0.1, 0.15) is 22.3 Å². The number of carboxylic acids is 1. The maximum absolute atomic E-state index is 12.6. The lowest BCUT2D eigenvalue weighted by Crippen LogP contribution is -2.40. The van der Waals surface area contributed by atoms with Crippen LogP contribution in [0.5, 0.6) is 0 Å². The molecule has 2 saturated heterocycles. The molecule has 2 aliphatic rings. The molecule has 136 valence electrons. The van der Waals surface area contributed by atoms with Crippen LogP contribution in [0.4, 0.5) is 0 Å². The first-order chi connectivity index (χ1) is 12.3. The summed E-state index contributed by atoms with van der Waals surface area (Å²) in [6.45, 7) is -0.00345. The van der Waals surface area contributed by atoms with E-state index in [1.807, 2.05) is 0 Å². The number of aliphatic hydroxyl groups is 1. The van der Waals surface area contributed by atoms with Gasteiger partial charge in [-0.05, 0) is 23.8 Å². The third-order valence-corrected chi connectivity index (χ3v) is 5.75. The number of aliphatic carboxylic acids is 1. The molecule has 3 rings (SSSR count). The Kier molecular flexibility index (Phi) is 5.12. The fourth-order valence-corrected chi connectivity index (χ4v) is 4.04. The second kappa shape index (κ2) is 7.18. The van der Waals surface area contributed by atoms with Gasteiger partial charge in [0.15, 0.2) is 0 Å². The molecule has 2 aliphatic heterocycles. The van der Waals surface area contributed by atoms with Gasteiger partial charge in [-0.2, -0.15) is 0 Å². The monoisotopic (exact) mass is 392 g/mol. The normalized spacial score (nSPS) is 24.6. The highest BCUT2D eigenvalue weighted by molar-refractivity contribution is 8.26. The Morgan fingerprint density at radius 3 is 2.50 bits per heavy atom. The second-order valence-corrected chi connectivity index (χ2v) is 7.74. The van der Waals surface area contributed by atoms with E-state index >= 15 is 0 Å². The van der Waals surface area contributed by atoms with Gasteiger partial charge in [0.2, 0.25) is 0 Å². The molecule has 0 bridgehead atoms. The molecular formula is C17H16N2O5S2. The van der Waals surface area contributed by atoms with Crippen LogP contribution in [-0.4, -0.2) is 67.9 Å². The maximum Gasteiger partial charge on any atom is 0.326 e. The van der Waals surface area contributed by atoms with Crippen LogP contribution in [0.25, 0.3) is 6.08 Å². The van der Waals surface area contributed by atoms with Gasteiger partial charge in [0.05, 0.1) is 11.0 Å². The topological polar surface area (TPSA) is 98.2 Å². The Labute approximate surface area is 159 Å². The molecule has 26 heavy (non-hydrogen) atoms. The summed E-state index contributed by atoms with van der Waals surface area (Å²) in [5.41, 5.74) is 1.05. The Hall–Kier alpha value is -2.23. The minimum atomic E-state index is -1.13. The number of nitrogens with zero attached hydrogens (tertiary/aromatic N) is 2. The van der Waals surface area contributed by atoms with Gasteiger partial charge < -0.3 is 15.1 Å². The lowest BCUT2D eigenvalue weighted by Gasteiger charge is -2.21. The summed E-state index contributed by atoms with van der Waals surface area (Å²) in [5, 5.41) is 18.9. The molecule has 9 heteroatoms. The Balaban J connectivity index is 1.78. The predicted molar refractivity (Wildman–Crippen MR) is 100 cm³/mol. The third-order valence-electron chi connectivity index (χ3n) is 4.27. The highest BCUT2D eigenvalue weighted by Crippen LogP contribution is 2.31. The number of likely N-dealkylation sites (N-methyl/N-ethyl adjacent to an activating group) is 1. The number of carboxylic acid groups (broad SMARTS) is 1. The number of thiocarbonyl (C=S) groups is 1. The van der Waals surface area contributed by atoms with Gasteiger partial charge in [0.25, 0.3) is 11.8 Å². The molecule has 0 aliphatic carbocycles. The fourth-order valence-electron chi connectivity index (χ4n) is 2.86. The van der Waals surface area contributed by atoms with Crippen LogP contribution in [-0.2, 0) is 9.59 Å². The minimum absolute atomic E-state index is 0.00345. The van der Waals surface area contributed by atoms with Crippen molar-refractivity contribution < 1.29 is 24.6 Å². The van der Waals surface area contributed by atoms with Gasteiger partial charge in [0, 0.05) is 25.6 Å². The number of rotatable bonds is 3. The Morgan fingerprint density at radius 1 is 1.31 bits per heavy atom. The van der Waals surface area contributed by atoms with Crippen molar-refractivity contribution in [1.82, 2.24) is 9.80 Å². The molecular weight excluding hydrogens is 376 g/mol. The highest BCUT2D eigenvalue weighted by Gasteiger charge is 2.39. The number of likely N-dealkylation sites (tertiary alicyclic amines) is 1. The molecule has 2 N–H and O–H groups in total. The van der Waals surface area contributed by atoms with Crippen LogP contribution < -0.4 is 0 Å². The van der Waals surface area contributed by atoms with Crippen molar-refractivity contribution in [2.75, 3.05) is 13.6 Å². The summed E-state index contributed by atoms with van der Waals surface area (Å²) in [7, 11) is 1.61. The van der Waals surface area contributed by atoms with Crippen molar-refractivity contribution in [3.05, 3.63) is 40.3 Å². The summed E-state index contributed by atoms with van der Waals surface area (Å²) >= 11 is 6.29. The van der Waals surface area contributed by atoms with Crippen LogP contribution in [0.15, 0.2) is 29.2 Å². The zero-order valence-corrected chi connectivity index (χ0v) is 15.4. The van der Waals surface area contributed by atoms with Crippen LogP contribution in [0.2, 0.25) is 0 Å². The molecule has 0 spiro atoms. The summed E-state index contributed by atoms with van der Waals surface area (Å²) < 4.78 is 0.486. The number of amides is 2. The van der Waals surface area contributed by atoms with Crippen molar-refractivity contribution in [2.45, 2.75) is 18.6 Å². The number of benzene rings is 1. The quantitative estimate of drug-likeness (QED) is 0.589. The van der Waals surface area contributed by atoms with E-state index in [9.17, 15) is 24.6 Å². The van der Waals surface area contributed by atoms with Crippen molar-refractivity contribution >= 4 is 52.2 Å². The van der Waals surface area contributed by atoms with Gasteiger partial charge in [-0.3, -0.25) is 14.5 Å². The first kappa shape index (κ1) is 18.6. The molecule has 0 radical (unpaired) electrons. The Morgan fingerprint density at radius 2 is 1.96 bits per heavy atom. The van der Waals surface area contributed by atoms with E-state index in [2.05, 4.69) is 0 Å². The molecule has 7 nitrogen and oxygen atoms in total. The summed E-state index contributed by atoms with van der Waals surface area (Å²) in [6, 6.07) is 5.48. The van der Waals surface area contributed by atoms with E-state index in [0.29, 0.717) is 14.8 Å². The zero-order chi connectivity index (χ0) is 19.0. The lowest BCUT2D eigenvalue weighted by molar-refractivity contribution is -0.141. The summed E-state index contributed by atoms with van der Waals surface area (Å²) in [5.74, 6) is -1.75. The maximum atomic E-state index is 12.6. The average molecular weight is 392 g/mol. The Bertz CT molecular complexity index is 821. The number of hydrogen-bond donors (Lipinski definition) is 2. The number of aliphatic hydroxyl groups excluding tert-OH is 1. The molecule has 0 saturated carbocycles. The van der Waals surface area contributed by atoms with Gasteiger partial charge in [-0.15, -0.1) is 0 Å². The fraction of sp³-hybridized carbons (Fsp3) is 0.294. The molecule has 2 fully saturated rings. The first-order valence-electron chi connectivity index (χ1n) is 7.81. The van der Waals surface area contributed by atoms with Crippen molar-refractivity contribution in [3.8, 4) is 0 Å². The number of carbonyl (C=O) groups excluding carboxylic acids is 2. The van der Waals surface area contributed by atoms with E-state index in [0.717, 1.165) is 5.56 Å². The molecule has 2 unspecified atom stereocenters. The summed E-state index contributed by atoms with van der Waals surface area (Å²) in [6.07, 6.45) is 0.879. The predicted octanol–water partition coefficient (Wildman–Crippen LogP) is 1.18. The third kappa shape index (κ3) is 3.50. The van der Waals surface area contributed by atoms with Gasteiger partial charge >= 0.3 is 5.97 Å². The van der Waals surface area contributed by atoms with E-state index in [1.165, 1.54) is 21.6 Å². The number of hydrogen-bond acceptors (Lipinski definition) is 6. The van der Waals surface area contributed by atoms with Gasteiger partial charge in [-0.1, -0.05) is 36.1 Å². The van der Waals surface area contributed by atoms with E-state index < -0.39 is 24.0 Å². The molecule has 0 aromatic heterocycles. The van der Waals surface area contributed by atoms with Crippen molar-refractivity contribution in [1.29, 1.82) is 0 Å².